The van der Waals surface area contributed by atoms with Gasteiger partial charge in [0.25, 0.3) is 0 Å². The molecule has 19 heavy (non-hydrogen) atoms. The molecule has 0 heterocycles. The smallest absolute Gasteiger partial charge is 0.322 e. The van der Waals surface area contributed by atoms with E-state index in [0.717, 1.165) is 4.47 Å². The highest BCUT2D eigenvalue weighted by molar-refractivity contribution is 9.10. The van der Waals surface area contributed by atoms with Gasteiger partial charge in [-0.3, -0.25) is 9.59 Å². The molecule has 0 fully saturated rings. The summed E-state index contributed by atoms with van der Waals surface area (Å²) in [5.41, 5.74) is 0.576. The Kier molecular flexibility index (Phi) is 5.80. The highest BCUT2D eigenvalue weighted by Gasteiger charge is 2.06. The van der Waals surface area contributed by atoms with Crippen molar-refractivity contribution in [3.8, 4) is 0 Å². The number of hydrogen-bond acceptors (Lipinski definition) is 3. The molecule has 0 spiro atoms. The molecule has 0 atom stereocenters. The Bertz CT molecular complexity index is 475. The number of hydrogen-bond donors (Lipinski definition) is 4. The van der Waals surface area contributed by atoms with Crippen LogP contribution in [0.4, 0.5) is 10.5 Å². The third-order valence-electron chi connectivity index (χ3n) is 1.95. The lowest BCUT2D eigenvalue weighted by atomic mass is 10.3. The molecule has 0 bridgehead atoms. The lowest BCUT2D eigenvalue weighted by molar-refractivity contribution is -0.137. The number of benzene rings is 1. The summed E-state index contributed by atoms with van der Waals surface area (Å²) >= 11 is 3.26. The molecule has 1 aromatic rings. The zero-order valence-corrected chi connectivity index (χ0v) is 11.4. The molecule has 0 aliphatic rings. The maximum atomic E-state index is 11.4. The van der Waals surface area contributed by atoms with Crippen LogP contribution in [0.2, 0.25) is 0 Å². The molecule has 0 unspecified atom stereocenters. The minimum Gasteiger partial charge on any atom is -0.480 e. The Morgan fingerprint density at radius 1 is 1.05 bits per heavy atom. The predicted octanol–water partition coefficient (Wildman–Crippen LogP) is 0.771. The van der Waals surface area contributed by atoms with Crippen molar-refractivity contribution >= 4 is 39.5 Å². The van der Waals surface area contributed by atoms with Gasteiger partial charge in [-0.15, -0.1) is 0 Å². The van der Waals surface area contributed by atoms with E-state index in [-0.39, 0.29) is 6.54 Å². The third-order valence-corrected chi connectivity index (χ3v) is 2.48. The Hall–Kier alpha value is -2.09. The van der Waals surface area contributed by atoms with Gasteiger partial charge in [0.05, 0.1) is 6.54 Å². The van der Waals surface area contributed by atoms with Crippen molar-refractivity contribution in [2.75, 3.05) is 18.4 Å². The lowest BCUT2D eigenvalue weighted by Gasteiger charge is -2.07. The molecule has 0 saturated carbocycles. The average molecular weight is 330 g/mol. The monoisotopic (exact) mass is 329 g/mol. The van der Waals surface area contributed by atoms with Crippen LogP contribution < -0.4 is 16.0 Å². The number of anilines is 1. The van der Waals surface area contributed by atoms with E-state index in [2.05, 4.69) is 31.9 Å². The zero-order valence-electron chi connectivity index (χ0n) is 9.77. The summed E-state index contributed by atoms with van der Waals surface area (Å²) in [6.45, 7) is -0.773. The van der Waals surface area contributed by atoms with Gasteiger partial charge in [-0.25, -0.2) is 4.79 Å². The number of rotatable bonds is 5. The minimum atomic E-state index is -1.15. The average Bonchev–Trinajstić information content (AvgIpc) is 2.36. The van der Waals surface area contributed by atoms with Gasteiger partial charge in [-0.05, 0) is 24.3 Å². The fourth-order valence-electron chi connectivity index (χ4n) is 1.11. The number of carbonyl (C=O) groups excluding carboxylic acids is 2. The van der Waals surface area contributed by atoms with E-state index in [1.54, 1.807) is 24.3 Å². The van der Waals surface area contributed by atoms with Crippen LogP contribution in [0.3, 0.4) is 0 Å². The molecular formula is C11H12BrN3O4. The molecule has 1 rings (SSSR count). The molecule has 4 N–H and O–H groups in total. The van der Waals surface area contributed by atoms with E-state index in [4.69, 9.17) is 5.11 Å². The van der Waals surface area contributed by atoms with Gasteiger partial charge in [0.2, 0.25) is 5.91 Å². The normalized spacial score (nSPS) is 9.53. The number of carboxylic acids is 1. The topological polar surface area (TPSA) is 108 Å². The maximum Gasteiger partial charge on any atom is 0.322 e. The van der Waals surface area contributed by atoms with E-state index in [9.17, 15) is 14.4 Å². The fourth-order valence-corrected chi connectivity index (χ4v) is 1.37. The quantitative estimate of drug-likeness (QED) is 0.640. The lowest BCUT2D eigenvalue weighted by Crippen LogP contribution is -2.40. The van der Waals surface area contributed by atoms with Crippen LogP contribution >= 0.6 is 15.9 Å². The highest BCUT2D eigenvalue weighted by atomic mass is 79.9. The summed E-state index contributed by atoms with van der Waals surface area (Å²) in [5.74, 6) is -1.72. The van der Waals surface area contributed by atoms with Gasteiger partial charge in [-0.2, -0.15) is 0 Å². The Labute approximate surface area is 117 Å². The van der Waals surface area contributed by atoms with Gasteiger partial charge in [0.1, 0.15) is 6.54 Å². The summed E-state index contributed by atoms with van der Waals surface area (Å²) in [4.78, 5) is 32.7. The summed E-state index contributed by atoms with van der Waals surface area (Å²) in [7, 11) is 0. The molecule has 8 heteroatoms. The first-order chi connectivity index (χ1) is 8.97. The first kappa shape index (κ1) is 15.0. The predicted molar refractivity (Wildman–Crippen MR) is 71.8 cm³/mol. The van der Waals surface area contributed by atoms with E-state index in [1.807, 2.05) is 0 Å². The molecule has 1 aromatic carbocycles. The van der Waals surface area contributed by atoms with Gasteiger partial charge in [-0.1, -0.05) is 15.9 Å². The summed E-state index contributed by atoms with van der Waals surface area (Å²) < 4.78 is 0.881. The van der Waals surface area contributed by atoms with Crippen LogP contribution in [-0.2, 0) is 9.59 Å². The number of amides is 3. The van der Waals surface area contributed by atoms with Crippen molar-refractivity contribution < 1.29 is 19.5 Å². The van der Waals surface area contributed by atoms with E-state index in [1.165, 1.54) is 0 Å². The molecular weight excluding hydrogens is 318 g/mol. The SMILES string of the molecule is O=C(O)CNC(=O)CNC(=O)Nc1ccc(Br)cc1. The van der Waals surface area contributed by atoms with Crippen LogP contribution in [0.5, 0.6) is 0 Å². The molecule has 0 radical (unpaired) electrons. The third kappa shape index (κ3) is 6.41. The van der Waals surface area contributed by atoms with E-state index >= 15 is 0 Å². The Balaban J connectivity index is 2.29. The van der Waals surface area contributed by atoms with Crippen LogP contribution in [0, 0.1) is 0 Å². The first-order valence-corrected chi connectivity index (χ1v) is 6.05. The molecule has 102 valence electrons. The Morgan fingerprint density at radius 2 is 1.68 bits per heavy atom. The number of carboxylic acid groups (broad SMARTS) is 1. The number of halogens is 1. The molecule has 0 aliphatic carbocycles. The summed E-state index contributed by atoms with van der Waals surface area (Å²) in [5, 5.41) is 15.3. The fraction of sp³-hybridized carbons (Fsp3) is 0.182. The standard InChI is InChI=1S/C11H12BrN3O4/c12-7-1-3-8(4-2-7)15-11(19)14-5-9(16)13-6-10(17)18/h1-4H,5-6H2,(H,13,16)(H,17,18)(H2,14,15,19). The number of urea groups is 1. The van der Waals surface area contributed by atoms with E-state index < -0.39 is 24.5 Å². The van der Waals surface area contributed by atoms with Crippen molar-refractivity contribution in [2.24, 2.45) is 0 Å². The second kappa shape index (κ2) is 7.37. The largest absolute Gasteiger partial charge is 0.480 e. The molecule has 0 aliphatic heterocycles. The van der Waals surface area contributed by atoms with Gasteiger partial charge in [0, 0.05) is 10.2 Å². The summed E-state index contributed by atoms with van der Waals surface area (Å²) in [6.07, 6.45) is 0. The highest BCUT2D eigenvalue weighted by Crippen LogP contribution is 2.13. The molecule has 0 aromatic heterocycles. The van der Waals surface area contributed by atoms with Crippen LogP contribution in [0.25, 0.3) is 0 Å². The molecule has 7 nitrogen and oxygen atoms in total. The van der Waals surface area contributed by atoms with Crippen molar-refractivity contribution in [1.82, 2.24) is 10.6 Å². The first-order valence-electron chi connectivity index (χ1n) is 5.26. The van der Waals surface area contributed by atoms with E-state index in [0.29, 0.717) is 5.69 Å². The van der Waals surface area contributed by atoms with Crippen LogP contribution in [-0.4, -0.2) is 36.1 Å². The number of carbonyl (C=O) groups is 3. The van der Waals surface area contributed by atoms with Crippen molar-refractivity contribution in [2.45, 2.75) is 0 Å². The maximum absolute atomic E-state index is 11.4. The zero-order chi connectivity index (χ0) is 14.3. The molecule has 0 saturated heterocycles. The van der Waals surface area contributed by atoms with Crippen molar-refractivity contribution in [1.29, 1.82) is 0 Å². The van der Waals surface area contributed by atoms with Crippen molar-refractivity contribution in [3.63, 3.8) is 0 Å². The molecule has 3 amide bonds. The number of aliphatic carboxylic acids is 1. The Morgan fingerprint density at radius 3 is 2.26 bits per heavy atom. The van der Waals surface area contributed by atoms with Crippen LogP contribution in [0.1, 0.15) is 0 Å². The number of nitrogens with one attached hydrogen (secondary N) is 3. The minimum absolute atomic E-state index is 0.296. The second-order valence-electron chi connectivity index (χ2n) is 3.49. The summed E-state index contributed by atoms with van der Waals surface area (Å²) in [6, 6.07) is 6.35. The van der Waals surface area contributed by atoms with Crippen LogP contribution in [0.15, 0.2) is 28.7 Å². The van der Waals surface area contributed by atoms with Gasteiger partial charge >= 0.3 is 12.0 Å². The van der Waals surface area contributed by atoms with Crippen molar-refractivity contribution in [3.05, 3.63) is 28.7 Å². The van der Waals surface area contributed by atoms with Gasteiger partial charge < -0.3 is 21.1 Å². The van der Waals surface area contributed by atoms with Gasteiger partial charge in [0.15, 0.2) is 0 Å². The second-order valence-corrected chi connectivity index (χ2v) is 4.40.